The molecule has 1 saturated carbocycles. The summed E-state index contributed by atoms with van der Waals surface area (Å²) in [6.45, 7) is 5.24. The highest BCUT2D eigenvalue weighted by Crippen LogP contribution is 2.30. The summed E-state index contributed by atoms with van der Waals surface area (Å²) in [5, 5.41) is 8.89. The Morgan fingerprint density at radius 2 is 2.00 bits per heavy atom. The molecule has 2 aliphatic rings. The van der Waals surface area contributed by atoms with Gasteiger partial charge in [-0.2, -0.15) is 9.57 Å². The van der Waals surface area contributed by atoms with Crippen molar-refractivity contribution in [2.75, 3.05) is 31.9 Å². The van der Waals surface area contributed by atoms with Gasteiger partial charge in [0.05, 0.1) is 17.7 Å². The predicted molar refractivity (Wildman–Crippen MR) is 78.6 cm³/mol. The summed E-state index contributed by atoms with van der Waals surface area (Å²) in [7, 11) is -3.20. The van der Waals surface area contributed by atoms with Gasteiger partial charge in [0, 0.05) is 12.6 Å². The first kappa shape index (κ1) is 15.7. The molecule has 1 atom stereocenters. The van der Waals surface area contributed by atoms with Crippen LogP contribution in [-0.4, -0.2) is 55.6 Å². The van der Waals surface area contributed by atoms with E-state index in [-0.39, 0.29) is 17.7 Å². The summed E-state index contributed by atoms with van der Waals surface area (Å²) in [5.41, 5.74) is 0. The van der Waals surface area contributed by atoms with Crippen LogP contribution in [0.25, 0.3) is 0 Å². The fraction of sp³-hybridized carbons (Fsp3) is 0.929. The average Bonchev–Trinajstić information content (AvgIpc) is 3.12. The quantitative estimate of drug-likeness (QED) is 0.680. The van der Waals surface area contributed by atoms with Gasteiger partial charge in [0.15, 0.2) is 0 Å². The largest absolute Gasteiger partial charge is 0.303 e. The van der Waals surface area contributed by atoms with Gasteiger partial charge in [-0.3, -0.25) is 0 Å². The Morgan fingerprint density at radius 1 is 1.35 bits per heavy atom. The van der Waals surface area contributed by atoms with Gasteiger partial charge in [-0.15, -0.1) is 0 Å². The minimum atomic E-state index is -3.20. The second-order valence-electron chi connectivity index (χ2n) is 6.05. The van der Waals surface area contributed by atoms with Crippen molar-refractivity contribution in [2.45, 2.75) is 45.1 Å². The van der Waals surface area contributed by atoms with E-state index in [4.69, 9.17) is 5.26 Å². The van der Waals surface area contributed by atoms with Crippen LogP contribution in [0.1, 0.15) is 39.0 Å². The van der Waals surface area contributed by atoms with Crippen molar-refractivity contribution in [3.8, 4) is 6.07 Å². The average molecular weight is 299 g/mol. The lowest BCUT2D eigenvalue weighted by Gasteiger charge is -2.23. The van der Waals surface area contributed by atoms with Crippen molar-refractivity contribution in [1.82, 2.24) is 9.21 Å². The lowest BCUT2D eigenvalue weighted by molar-refractivity contribution is 0.335. The summed E-state index contributed by atoms with van der Waals surface area (Å²) in [5.74, 6) is -0.0121. The molecule has 0 aromatic rings. The zero-order valence-corrected chi connectivity index (χ0v) is 13.1. The third-order valence-electron chi connectivity index (χ3n) is 4.06. The number of hydrogen-bond acceptors (Lipinski definition) is 4. The Bertz CT molecular complexity index is 448. The number of nitriles is 1. The first-order valence-corrected chi connectivity index (χ1v) is 9.25. The maximum atomic E-state index is 12.4. The molecule has 2 rings (SSSR count). The number of rotatable bonds is 8. The molecule has 114 valence electrons. The van der Waals surface area contributed by atoms with Crippen molar-refractivity contribution in [3.63, 3.8) is 0 Å². The molecule has 1 heterocycles. The molecule has 1 unspecified atom stereocenters. The van der Waals surface area contributed by atoms with Crippen molar-refractivity contribution < 1.29 is 8.42 Å². The molecule has 0 aromatic carbocycles. The highest BCUT2D eigenvalue weighted by molar-refractivity contribution is 7.89. The maximum absolute atomic E-state index is 12.4. The van der Waals surface area contributed by atoms with E-state index < -0.39 is 10.0 Å². The Hall–Kier alpha value is -0.640. The van der Waals surface area contributed by atoms with Gasteiger partial charge in [-0.1, -0.05) is 0 Å². The third kappa shape index (κ3) is 4.44. The van der Waals surface area contributed by atoms with Crippen LogP contribution in [0.15, 0.2) is 0 Å². The Morgan fingerprint density at radius 3 is 2.55 bits per heavy atom. The highest BCUT2D eigenvalue weighted by atomic mass is 32.2. The highest BCUT2D eigenvalue weighted by Gasteiger charge is 2.37. The zero-order valence-electron chi connectivity index (χ0n) is 12.3. The lowest BCUT2D eigenvalue weighted by atomic mass is 10.2. The van der Waals surface area contributed by atoms with Crippen LogP contribution in [0.2, 0.25) is 0 Å². The molecular weight excluding hydrogens is 274 g/mol. The molecule has 0 N–H and O–H groups in total. The minimum Gasteiger partial charge on any atom is -0.303 e. The standard InChI is InChI=1S/C14H25N3O2S/c1-13(11-15)12-17(14-5-6-14)20(18,19)10-4-9-16-7-2-3-8-16/h13-14H,2-10,12H2,1H3. The van der Waals surface area contributed by atoms with Crippen molar-refractivity contribution in [1.29, 1.82) is 5.26 Å². The number of sulfonamides is 1. The van der Waals surface area contributed by atoms with Crippen LogP contribution >= 0.6 is 0 Å². The lowest BCUT2D eigenvalue weighted by Crippen LogP contribution is -2.38. The van der Waals surface area contributed by atoms with Crippen LogP contribution in [0.4, 0.5) is 0 Å². The molecule has 0 bridgehead atoms. The number of hydrogen-bond donors (Lipinski definition) is 0. The molecule has 0 aromatic heterocycles. The van der Waals surface area contributed by atoms with Gasteiger partial charge in [-0.05, 0) is 58.7 Å². The van der Waals surface area contributed by atoms with E-state index in [1.165, 1.54) is 12.8 Å². The van der Waals surface area contributed by atoms with Crippen LogP contribution in [0.5, 0.6) is 0 Å². The molecule has 0 spiro atoms. The number of nitrogens with zero attached hydrogens (tertiary/aromatic N) is 3. The Kier molecular flexibility index (Phi) is 5.42. The molecule has 1 aliphatic heterocycles. The van der Waals surface area contributed by atoms with E-state index in [2.05, 4.69) is 11.0 Å². The molecule has 0 amide bonds. The van der Waals surface area contributed by atoms with E-state index in [0.29, 0.717) is 13.0 Å². The second-order valence-corrected chi connectivity index (χ2v) is 8.09. The predicted octanol–water partition coefficient (Wildman–Crippen LogP) is 1.43. The van der Waals surface area contributed by atoms with Crippen molar-refractivity contribution in [2.24, 2.45) is 5.92 Å². The molecular formula is C14H25N3O2S. The first-order valence-electron chi connectivity index (χ1n) is 7.64. The van der Waals surface area contributed by atoms with E-state index in [9.17, 15) is 8.42 Å². The normalized spacial score (nSPS) is 22.1. The van der Waals surface area contributed by atoms with Crippen LogP contribution in [-0.2, 0) is 10.0 Å². The summed E-state index contributed by atoms with van der Waals surface area (Å²) in [6.07, 6.45) is 5.07. The molecule has 1 saturated heterocycles. The number of likely N-dealkylation sites (tertiary alicyclic amines) is 1. The topological polar surface area (TPSA) is 64.4 Å². The fourth-order valence-electron chi connectivity index (χ4n) is 2.76. The van der Waals surface area contributed by atoms with Crippen LogP contribution in [0, 0.1) is 17.2 Å². The van der Waals surface area contributed by atoms with Gasteiger partial charge >= 0.3 is 0 Å². The van der Waals surface area contributed by atoms with E-state index in [1.54, 1.807) is 11.2 Å². The van der Waals surface area contributed by atoms with Gasteiger partial charge in [0.1, 0.15) is 0 Å². The van der Waals surface area contributed by atoms with Gasteiger partial charge in [0.25, 0.3) is 0 Å². The molecule has 5 nitrogen and oxygen atoms in total. The summed E-state index contributed by atoms with van der Waals surface area (Å²) in [6, 6.07) is 2.29. The first-order chi connectivity index (χ1) is 9.53. The van der Waals surface area contributed by atoms with Crippen molar-refractivity contribution >= 4 is 10.0 Å². The van der Waals surface area contributed by atoms with Crippen molar-refractivity contribution in [3.05, 3.63) is 0 Å². The van der Waals surface area contributed by atoms with Gasteiger partial charge in [-0.25, -0.2) is 8.42 Å². The molecule has 0 radical (unpaired) electrons. The van der Waals surface area contributed by atoms with E-state index in [0.717, 1.165) is 32.5 Å². The smallest absolute Gasteiger partial charge is 0.214 e. The monoisotopic (exact) mass is 299 g/mol. The van der Waals surface area contributed by atoms with E-state index in [1.807, 2.05) is 0 Å². The minimum absolute atomic E-state index is 0.155. The molecule has 20 heavy (non-hydrogen) atoms. The van der Waals surface area contributed by atoms with Crippen LogP contribution < -0.4 is 0 Å². The second kappa shape index (κ2) is 6.88. The fourth-order valence-corrected chi connectivity index (χ4v) is 4.60. The summed E-state index contributed by atoms with van der Waals surface area (Å²) in [4.78, 5) is 2.34. The molecule has 2 fully saturated rings. The van der Waals surface area contributed by atoms with Gasteiger partial charge in [0.2, 0.25) is 10.0 Å². The Labute approximate surface area is 122 Å². The molecule has 6 heteroatoms. The summed E-state index contributed by atoms with van der Waals surface area (Å²) < 4.78 is 26.5. The maximum Gasteiger partial charge on any atom is 0.214 e. The third-order valence-corrected chi connectivity index (χ3v) is 6.03. The van der Waals surface area contributed by atoms with Gasteiger partial charge < -0.3 is 4.90 Å². The molecule has 1 aliphatic carbocycles. The van der Waals surface area contributed by atoms with E-state index >= 15 is 0 Å². The summed E-state index contributed by atoms with van der Waals surface area (Å²) >= 11 is 0. The SMILES string of the molecule is CC(C#N)CN(C1CC1)S(=O)(=O)CCCN1CCCC1. The van der Waals surface area contributed by atoms with Crippen LogP contribution in [0.3, 0.4) is 0 Å². The zero-order chi connectivity index (χ0) is 14.6. The Balaban J connectivity index is 1.84.